The molecule has 20 heavy (non-hydrogen) atoms. The van der Waals surface area contributed by atoms with Gasteiger partial charge < -0.3 is 15.2 Å². The first-order valence-corrected chi connectivity index (χ1v) is 7.83. The van der Waals surface area contributed by atoms with Gasteiger partial charge in [-0.05, 0) is 50.4 Å². The Morgan fingerprint density at radius 3 is 3.20 bits per heavy atom. The van der Waals surface area contributed by atoms with Gasteiger partial charge in [0.2, 0.25) is 5.89 Å². The minimum absolute atomic E-state index is 0.201. The molecule has 6 heteroatoms. The molecule has 2 aromatic rings. The van der Waals surface area contributed by atoms with E-state index >= 15 is 0 Å². The summed E-state index contributed by atoms with van der Waals surface area (Å²) in [5.74, 6) is 1.57. The van der Waals surface area contributed by atoms with Crippen molar-refractivity contribution in [1.82, 2.24) is 15.0 Å². The largest absolute Gasteiger partial charge is 0.339 e. The van der Waals surface area contributed by atoms with E-state index < -0.39 is 0 Å². The lowest BCUT2D eigenvalue weighted by Crippen LogP contribution is -2.26. The zero-order chi connectivity index (χ0) is 14.1. The Morgan fingerprint density at radius 2 is 2.40 bits per heavy atom. The van der Waals surface area contributed by atoms with E-state index in [1.54, 1.807) is 0 Å². The summed E-state index contributed by atoms with van der Waals surface area (Å²) in [5, 5.41) is 6.22. The molecule has 0 aromatic carbocycles. The monoisotopic (exact) mass is 292 g/mol. The van der Waals surface area contributed by atoms with E-state index in [-0.39, 0.29) is 12.0 Å². The standard InChI is InChI=1S/C14H20N4OS/c1-18(2)8-11(15)13-16-14(19-17-13)10-4-3-5-12-9(10)6-7-20-12/h6-7,10-11H,3-5,8,15H2,1-2H3. The van der Waals surface area contributed by atoms with Crippen LogP contribution >= 0.6 is 11.3 Å². The fourth-order valence-corrected chi connectivity index (χ4v) is 3.74. The van der Waals surface area contributed by atoms with E-state index in [0.29, 0.717) is 18.3 Å². The molecule has 3 rings (SSSR count). The summed E-state index contributed by atoms with van der Waals surface area (Å²) >= 11 is 1.82. The van der Waals surface area contributed by atoms with Crippen molar-refractivity contribution in [3.63, 3.8) is 0 Å². The van der Waals surface area contributed by atoms with Gasteiger partial charge in [-0.15, -0.1) is 11.3 Å². The van der Waals surface area contributed by atoms with Crippen molar-refractivity contribution in [3.8, 4) is 0 Å². The fourth-order valence-electron chi connectivity index (χ4n) is 2.76. The van der Waals surface area contributed by atoms with Gasteiger partial charge in [0.1, 0.15) is 0 Å². The van der Waals surface area contributed by atoms with E-state index in [1.807, 2.05) is 30.3 Å². The maximum atomic E-state index is 6.09. The second-order valence-electron chi connectivity index (χ2n) is 5.60. The van der Waals surface area contributed by atoms with Crippen molar-refractivity contribution < 1.29 is 4.52 Å². The Kier molecular flexibility index (Phi) is 3.87. The van der Waals surface area contributed by atoms with E-state index in [4.69, 9.17) is 10.3 Å². The Labute approximate surface area is 122 Å². The van der Waals surface area contributed by atoms with Crippen LogP contribution in [0.4, 0.5) is 0 Å². The second kappa shape index (κ2) is 5.63. The van der Waals surface area contributed by atoms with Crippen molar-refractivity contribution >= 4 is 11.3 Å². The maximum absolute atomic E-state index is 6.09. The number of hydrogen-bond donors (Lipinski definition) is 1. The number of nitrogens with two attached hydrogens (primary N) is 1. The quantitative estimate of drug-likeness (QED) is 0.935. The SMILES string of the molecule is CN(C)CC(N)c1noc(C2CCCc3sccc32)n1. The molecule has 0 fully saturated rings. The lowest BCUT2D eigenvalue weighted by atomic mass is 9.88. The van der Waals surface area contributed by atoms with Gasteiger partial charge >= 0.3 is 0 Å². The molecule has 2 aromatic heterocycles. The van der Waals surface area contributed by atoms with Crippen molar-refractivity contribution in [2.75, 3.05) is 20.6 Å². The van der Waals surface area contributed by atoms with Crippen LogP contribution in [0.5, 0.6) is 0 Å². The summed E-state index contributed by atoms with van der Waals surface area (Å²) in [4.78, 5) is 8.02. The molecule has 1 aliphatic carbocycles. The van der Waals surface area contributed by atoms with Crippen LogP contribution in [0.15, 0.2) is 16.0 Å². The van der Waals surface area contributed by atoms with Crippen LogP contribution in [-0.2, 0) is 6.42 Å². The summed E-state index contributed by atoms with van der Waals surface area (Å²) in [6.07, 6.45) is 3.43. The van der Waals surface area contributed by atoms with Crippen molar-refractivity contribution in [2.24, 2.45) is 5.73 Å². The predicted octanol–water partition coefficient (Wildman–Crippen LogP) is 2.16. The summed E-state index contributed by atoms with van der Waals surface area (Å²) in [6.45, 7) is 0.716. The number of thiophene rings is 1. The minimum Gasteiger partial charge on any atom is -0.339 e. The van der Waals surface area contributed by atoms with E-state index in [9.17, 15) is 0 Å². The molecule has 5 nitrogen and oxygen atoms in total. The number of nitrogens with zero attached hydrogens (tertiary/aromatic N) is 3. The summed E-state index contributed by atoms with van der Waals surface area (Å²) in [7, 11) is 3.97. The molecule has 1 aliphatic rings. The summed E-state index contributed by atoms with van der Waals surface area (Å²) < 4.78 is 5.48. The van der Waals surface area contributed by atoms with Gasteiger partial charge in [-0.1, -0.05) is 5.16 Å². The average Bonchev–Trinajstić information content (AvgIpc) is 3.06. The molecule has 0 bridgehead atoms. The van der Waals surface area contributed by atoms with Crippen LogP contribution in [0.3, 0.4) is 0 Å². The number of likely N-dealkylation sites (N-methyl/N-ethyl adjacent to an activating group) is 1. The van der Waals surface area contributed by atoms with Crippen LogP contribution in [0.25, 0.3) is 0 Å². The second-order valence-corrected chi connectivity index (χ2v) is 6.60. The zero-order valence-electron chi connectivity index (χ0n) is 11.9. The first kappa shape index (κ1) is 13.7. The minimum atomic E-state index is -0.201. The van der Waals surface area contributed by atoms with Crippen LogP contribution in [0, 0.1) is 0 Å². The molecule has 2 N–H and O–H groups in total. The third kappa shape index (κ3) is 2.63. The normalized spacial score (nSPS) is 20.1. The van der Waals surface area contributed by atoms with Gasteiger partial charge in [-0.25, -0.2) is 0 Å². The van der Waals surface area contributed by atoms with Gasteiger partial charge in [0.25, 0.3) is 0 Å². The maximum Gasteiger partial charge on any atom is 0.234 e. The van der Waals surface area contributed by atoms with Gasteiger partial charge in [-0.3, -0.25) is 0 Å². The molecule has 0 saturated heterocycles. The number of hydrogen-bond acceptors (Lipinski definition) is 6. The van der Waals surface area contributed by atoms with Gasteiger partial charge in [0.15, 0.2) is 5.82 Å². The molecule has 0 aliphatic heterocycles. The number of aryl methyl sites for hydroxylation is 1. The molecule has 2 atom stereocenters. The molecular formula is C14H20N4OS. The Bertz CT molecular complexity index is 577. The molecule has 0 spiro atoms. The Balaban J connectivity index is 1.81. The molecule has 0 radical (unpaired) electrons. The highest BCUT2D eigenvalue weighted by atomic mass is 32.1. The van der Waals surface area contributed by atoms with E-state index in [0.717, 1.165) is 6.42 Å². The Hall–Kier alpha value is -1.24. The van der Waals surface area contributed by atoms with Crippen LogP contribution in [-0.4, -0.2) is 35.7 Å². The first-order chi connectivity index (χ1) is 9.65. The average molecular weight is 292 g/mol. The highest BCUT2D eigenvalue weighted by Crippen LogP contribution is 2.38. The van der Waals surface area contributed by atoms with E-state index in [2.05, 4.69) is 21.6 Å². The van der Waals surface area contributed by atoms with Crippen molar-refractivity contribution in [3.05, 3.63) is 33.6 Å². The van der Waals surface area contributed by atoms with Crippen LogP contribution in [0.1, 0.15) is 47.0 Å². The zero-order valence-corrected chi connectivity index (χ0v) is 12.7. The molecule has 0 saturated carbocycles. The number of fused-ring (bicyclic) bond motifs is 1. The molecule has 2 heterocycles. The van der Waals surface area contributed by atoms with Gasteiger partial charge in [0.05, 0.1) is 12.0 Å². The van der Waals surface area contributed by atoms with Gasteiger partial charge in [-0.2, -0.15) is 4.98 Å². The summed E-state index contributed by atoms with van der Waals surface area (Å²) in [5.41, 5.74) is 7.45. The van der Waals surface area contributed by atoms with Crippen molar-refractivity contribution in [2.45, 2.75) is 31.2 Å². The lowest BCUT2D eigenvalue weighted by Gasteiger charge is -2.18. The molecular weight excluding hydrogens is 272 g/mol. The number of aromatic nitrogens is 2. The fraction of sp³-hybridized carbons (Fsp3) is 0.571. The smallest absolute Gasteiger partial charge is 0.234 e. The molecule has 0 amide bonds. The predicted molar refractivity (Wildman–Crippen MR) is 78.9 cm³/mol. The number of rotatable bonds is 4. The highest BCUT2D eigenvalue weighted by Gasteiger charge is 2.28. The Morgan fingerprint density at radius 1 is 1.55 bits per heavy atom. The van der Waals surface area contributed by atoms with Crippen LogP contribution in [0.2, 0.25) is 0 Å². The first-order valence-electron chi connectivity index (χ1n) is 6.95. The third-order valence-corrected chi connectivity index (χ3v) is 4.70. The van der Waals surface area contributed by atoms with Crippen molar-refractivity contribution in [1.29, 1.82) is 0 Å². The lowest BCUT2D eigenvalue weighted by molar-refractivity contribution is 0.336. The van der Waals surface area contributed by atoms with Gasteiger partial charge in [0, 0.05) is 11.4 Å². The molecule has 108 valence electrons. The topological polar surface area (TPSA) is 68.2 Å². The molecule has 2 unspecified atom stereocenters. The van der Waals surface area contributed by atoms with Crippen LogP contribution < -0.4 is 5.73 Å². The van der Waals surface area contributed by atoms with E-state index in [1.165, 1.54) is 23.3 Å². The highest BCUT2D eigenvalue weighted by molar-refractivity contribution is 7.10. The third-order valence-electron chi connectivity index (χ3n) is 3.70. The summed E-state index contributed by atoms with van der Waals surface area (Å²) in [6, 6.07) is 1.99.